The second-order valence-electron chi connectivity index (χ2n) is 8.25. The molecule has 4 rings (SSSR count). The van der Waals surface area contributed by atoms with Gasteiger partial charge in [-0.25, -0.2) is 14.4 Å². The van der Waals surface area contributed by atoms with Gasteiger partial charge < -0.3 is 10.2 Å². The first kappa shape index (κ1) is 23.2. The molecule has 7 nitrogen and oxygen atoms in total. The van der Waals surface area contributed by atoms with Crippen LogP contribution in [0.1, 0.15) is 31.9 Å². The van der Waals surface area contributed by atoms with Crippen molar-refractivity contribution in [2.75, 3.05) is 18.4 Å². The highest BCUT2D eigenvalue weighted by Crippen LogP contribution is 2.42. The summed E-state index contributed by atoms with van der Waals surface area (Å²) >= 11 is 12.7. The lowest BCUT2D eigenvalue weighted by Crippen LogP contribution is -2.41. The molecule has 172 valence electrons. The monoisotopic (exact) mass is 489 g/mol. The topological polar surface area (TPSA) is 80.1 Å². The van der Waals surface area contributed by atoms with Crippen LogP contribution in [-0.2, 0) is 10.3 Å². The summed E-state index contributed by atoms with van der Waals surface area (Å²) in [6.45, 7) is 7.74. The standard InChI is InChI=1S/C23H22Cl2FN5O2/c1-4-18(32)30-10-9-23(11-30,19-15(26)6-5-14(24)20(19)25)29-17-8-7-16-21(28-17)22(33)31(12-27-16)13(2)3/h4-8,12-13H,1,9-11H2,2-3H3,(H,28,29)/t23-/m0/s1. The predicted octanol–water partition coefficient (Wildman–Crippen LogP) is 4.54. The van der Waals surface area contributed by atoms with Crippen molar-refractivity contribution in [3.05, 3.63) is 75.0 Å². The van der Waals surface area contributed by atoms with E-state index in [4.69, 9.17) is 23.2 Å². The molecule has 0 saturated carbocycles. The molecule has 3 aromatic rings. The highest BCUT2D eigenvalue weighted by Gasteiger charge is 2.44. The largest absolute Gasteiger partial charge is 0.358 e. The number of carbonyl (C=O) groups excluding carboxylic acids is 1. The van der Waals surface area contributed by atoms with Crippen LogP contribution in [0.3, 0.4) is 0 Å². The van der Waals surface area contributed by atoms with E-state index < -0.39 is 11.4 Å². The van der Waals surface area contributed by atoms with E-state index in [1.165, 1.54) is 29.1 Å². The molecule has 1 aromatic carbocycles. The minimum atomic E-state index is -1.12. The maximum atomic E-state index is 15.1. The third-order valence-corrected chi connectivity index (χ3v) is 6.64. The Balaban J connectivity index is 1.85. The average Bonchev–Trinajstić information content (AvgIpc) is 3.21. The molecule has 0 bridgehead atoms. The molecule has 0 aliphatic carbocycles. The van der Waals surface area contributed by atoms with Gasteiger partial charge in [-0.05, 0) is 50.6 Å². The summed E-state index contributed by atoms with van der Waals surface area (Å²) in [6.07, 6.45) is 3.04. The van der Waals surface area contributed by atoms with Crippen molar-refractivity contribution in [3.63, 3.8) is 0 Å². The molecule has 1 fully saturated rings. The second kappa shape index (κ2) is 8.76. The van der Waals surface area contributed by atoms with Crippen molar-refractivity contribution in [2.24, 2.45) is 0 Å². The van der Waals surface area contributed by atoms with Gasteiger partial charge in [0.1, 0.15) is 11.6 Å². The summed E-state index contributed by atoms with van der Waals surface area (Å²) < 4.78 is 16.6. The van der Waals surface area contributed by atoms with Gasteiger partial charge in [0.15, 0.2) is 5.52 Å². The highest BCUT2D eigenvalue weighted by molar-refractivity contribution is 6.42. The first-order valence-corrected chi connectivity index (χ1v) is 11.1. The van der Waals surface area contributed by atoms with Gasteiger partial charge in [-0.15, -0.1) is 0 Å². The fraction of sp³-hybridized carbons (Fsp3) is 0.304. The molecular formula is C23H22Cl2FN5O2. The van der Waals surface area contributed by atoms with E-state index in [1.807, 2.05) is 13.8 Å². The fourth-order valence-electron chi connectivity index (χ4n) is 4.16. The van der Waals surface area contributed by atoms with Crippen LogP contribution < -0.4 is 10.9 Å². The smallest absolute Gasteiger partial charge is 0.280 e. The second-order valence-corrected chi connectivity index (χ2v) is 9.04. The molecule has 1 N–H and O–H groups in total. The number of nitrogens with one attached hydrogen (secondary N) is 1. The van der Waals surface area contributed by atoms with E-state index in [0.29, 0.717) is 24.3 Å². The van der Waals surface area contributed by atoms with Crippen LogP contribution in [0, 0.1) is 5.82 Å². The molecule has 1 aliphatic rings. The number of hydrogen-bond donors (Lipinski definition) is 1. The van der Waals surface area contributed by atoms with E-state index in [0.717, 1.165) is 0 Å². The Morgan fingerprint density at radius 2 is 2.06 bits per heavy atom. The molecule has 33 heavy (non-hydrogen) atoms. The molecule has 0 radical (unpaired) electrons. The lowest BCUT2D eigenvalue weighted by molar-refractivity contribution is -0.125. The number of hydrogen-bond acceptors (Lipinski definition) is 5. The summed E-state index contributed by atoms with van der Waals surface area (Å²) in [4.78, 5) is 35.6. The number of halogens is 3. The first-order chi connectivity index (χ1) is 15.7. The molecule has 0 spiro atoms. The van der Waals surface area contributed by atoms with Crippen molar-refractivity contribution >= 4 is 46.0 Å². The third-order valence-electron chi connectivity index (χ3n) is 5.83. The number of anilines is 1. The Labute approximate surface area is 199 Å². The number of benzene rings is 1. The van der Waals surface area contributed by atoms with Gasteiger partial charge in [0.05, 0.1) is 27.4 Å². The zero-order valence-electron chi connectivity index (χ0n) is 18.1. The van der Waals surface area contributed by atoms with E-state index in [2.05, 4.69) is 21.9 Å². The molecule has 1 atom stereocenters. The normalized spacial score (nSPS) is 18.2. The van der Waals surface area contributed by atoms with Gasteiger partial charge in [-0.2, -0.15) is 0 Å². The summed E-state index contributed by atoms with van der Waals surface area (Å²) in [5.74, 6) is -0.520. The summed E-state index contributed by atoms with van der Waals surface area (Å²) in [7, 11) is 0. The molecule has 1 amide bonds. The molecular weight excluding hydrogens is 468 g/mol. The Kier molecular flexibility index (Phi) is 6.16. The van der Waals surface area contributed by atoms with E-state index in [1.54, 1.807) is 17.0 Å². The fourth-order valence-corrected chi connectivity index (χ4v) is 4.65. The quantitative estimate of drug-likeness (QED) is 0.420. The predicted molar refractivity (Wildman–Crippen MR) is 127 cm³/mol. The number of nitrogens with zero attached hydrogens (tertiary/aromatic N) is 4. The van der Waals surface area contributed by atoms with E-state index in [-0.39, 0.29) is 45.2 Å². The third kappa shape index (κ3) is 4.09. The van der Waals surface area contributed by atoms with E-state index >= 15 is 4.39 Å². The molecule has 0 unspecified atom stereocenters. The minimum Gasteiger partial charge on any atom is -0.358 e. The Hall–Kier alpha value is -2.97. The number of likely N-dealkylation sites (tertiary alicyclic amines) is 1. The number of pyridine rings is 1. The van der Waals surface area contributed by atoms with Crippen LogP contribution in [0.25, 0.3) is 11.0 Å². The Morgan fingerprint density at radius 3 is 2.76 bits per heavy atom. The molecule has 1 aliphatic heterocycles. The lowest BCUT2D eigenvalue weighted by atomic mass is 9.88. The average molecular weight is 490 g/mol. The minimum absolute atomic E-state index is 0.0571. The summed E-state index contributed by atoms with van der Waals surface area (Å²) in [6, 6.07) is 5.86. The van der Waals surface area contributed by atoms with Gasteiger partial charge in [0, 0.05) is 24.7 Å². The van der Waals surface area contributed by atoms with Crippen molar-refractivity contribution in [3.8, 4) is 0 Å². The highest BCUT2D eigenvalue weighted by atomic mass is 35.5. The van der Waals surface area contributed by atoms with Gasteiger partial charge in [-0.1, -0.05) is 29.8 Å². The molecule has 10 heteroatoms. The van der Waals surface area contributed by atoms with Crippen LogP contribution in [-0.4, -0.2) is 38.4 Å². The van der Waals surface area contributed by atoms with Crippen LogP contribution in [0.4, 0.5) is 10.2 Å². The van der Waals surface area contributed by atoms with Crippen molar-refractivity contribution in [1.82, 2.24) is 19.4 Å². The SMILES string of the molecule is C=CC(=O)N1CC[C@@](Nc2ccc3ncn(C(C)C)c(=O)c3n2)(c2c(F)ccc(Cl)c2Cl)C1. The van der Waals surface area contributed by atoms with E-state index in [9.17, 15) is 9.59 Å². The maximum absolute atomic E-state index is 15.1. The van der Waals surface area contributed by atoms with Crippen molar-refractivity contribution in [1.29, 1.82) is 0 Å². The van der Waals surface area contributed by atoms with Crippen molar-refractivity contribution < 1.29 is 9.18 Å². The Morgan fingerprint density at radius 1 is 1.30 bits per heavy atom. The lowest BCUT2D eigenvalue weighted by Gasteiger charge is -2.33. The van der Waals surface area contributed by atoms with Gasteiger partial charge >= 0.3 is 0 Å². The zero-order valence-corrected chi connectivity index (χ0v) is 19.6. The maximum Gasteiger partial charge on any atom is 0.280 e. The van der Waals surface area contributed by atoms with Gasteiger partial charge in [-0.3, -0.25) is 14.2 Å². The number of fused-ring (bicyclic) bond motifs is 1. The number of carbonyl (C=O) groups is 1. The summed E-state index contributed by atoms with van der Waals surface area (Å²) in [5, 5.41) is 3.51. The zero-order chi connectivity index (χ0) is 23.9. The Bertz CT molecular complexity index is 1330. The molecule has 3 heterocycles. The van der Waals surface area contributed by atoms with Crippen molar-refractivity contribution in [2.45, 2.75) is 31.8 Å². The van der Waals surface area contributed by atoms with Gasteiger partial charge in [0.25, 0.3) is 5.56 Å². The number of aromatic nitrogens is 3. The van der Waals surface area contributed by atoms with Gasteiger partial charge in [0.2, 0.25) is 5.91 Å². The van der Waals surface area contributed by atoms with Crippen LogP contribution >= 0.6 is 23.2 Å². The first-order valence-electron chi connectivity index (χ1n) is 10.4. The number of amides is 1. The molecule has 2 aromatic heterocycles. The van der Waals surface area contributed by atoms with Crippen LogP contribution in [0.2, 0.25) is 10.0 Å². The van der Waals surface area contributed by atoms with Crippen LogP contribution in [0.5, 0.6) is 0 Å². The van der Waals surface area contributed by atoms with Crippen LogP contribution in [0.15, 0.2) is 48.0 Å². The molecule has 1 saturated heterocycles. The summed E-state index contributed by atoms with van der Waals surface area (Å²) in [5.41, 5.74) is -0.636. The number of rotatable bonds is 5.